The fraction of sp³-hybridized carbons (Fsp3) is 0.438. The highest BCUT2D eigenvalue weighted by Gasteiger charge is 2.37. The highest BCUT2D eigenvalue weighted by Crippen LogP contribution is 2.25. The predicted molar refractivity (Wildman–Crippen MR) is 89.9 cm³/mol. The normalized spacial score (nSPS) is 20.7. The number of amides is 1. The van der Waals surface area contributed by atoms with Crippen molar-refractivity contribution in [2.45, 2.75) is 25.9 Å². The van der Waals surface area contributed by atoms with Crippen molar-refractivity contribution in [2.24, 2.45) is 0 Å². The quantitative estimate of drug-likeness (QED) is 0.888. The molecule has 0 aromatic carbocycles. The van der Waals surface area contributed by atoms with E-state index in [1.807, 2.05) is 36.9 Å². The summed E-state index contributed by atoms with van der Waals surface area (Å²) in [7, 11) is 0. The number of thiazole rings is 1. The van der Waals surface area contributed by atoms with Crippen LogP contribution in [0.3, 0.4) is 0 Å². The summed E-state index contributed by atoms with van der Waals surface area (Å²) < 4.78 is 0. The summed E-state index contributed by atoms with van der Waals surface area (Å²) in [6.07, 6.45) is 2.34. The van der Waals surface area contributed by atoms with E-state index < -0.39 is 5.60 Å². The molecule has 1 aliphatic heterocycles. The van der Waals surface area contributed by atoms with E-state index in [0.717, 1.165) is 23.1 Å². The van der Waals surface area contributed by atoms with E-state index in [1.54, 1.807) is 6.20 Å². The number of aryl methyl sites for hydroxylation is 2. The van der Waals surface area contributed by atoms with Gasteiger partial charge in [-0.2, -0.15) is 0 Å². The number of hydrogen-bond acceptors (Lipinski definition) is 6. The van der Waals surface area contributed by atoms with Crippen LogP contribution in [-0.2, 0) is 0 Å². The van der Waals surface area contributed by atoms with Gasteiger partial charge in [-0.05, 0) is 32.4 Å². The van der Waals surface area contributed by atoms with Crippen molar-refractivity contribution in [1.82, 2.24) is 15.3 Å². The van der Waals surface area contributed by atoms with E-state index in [2.05, 4.69) is 15.3 Å². The summed E-state index contributed by atoms with van der Waals surface area (Å²) in [5.41, 5.74) is -0.195. The molecule has 2 aromatic heterocycles. The Morgan fingerprint density at radius 2 is 2.30 bits per heavy atom. The summed E-state index contributed by atoms with van der Waals surface area (Å²) in [6.45, 7) is 5.12. The van der Waals surface area contributed by atoms with Crippen LogP contribution >= 0.6 is 11.3 Å². The molecular weight excluding hydrogens is 312 g/mol. The first-order valence-corrected chi connectivity index (χ1v) is 8.39. The summed E-state index contributed by atoms with van der Waals surface area (Å²) in [6, 6.07) is 5.72. The van der Waals surface area contributed by atoms with Crippen LogP contribution in [0, 0.1) is 13.8 Å². The Balaban J connectivity index is 1.60. The number of hydrogen-bond donors (Lipinski definition) is 2. The van der Waals surface area contributed by atoms with Gasteiger partial charge in [0.1, 0.15) is 16.3 Å². The van der Waals surface area contributed by atoms with Crippen molar-refractivity contribution in [3.63, 3.8) is 0 Å². The Labute approximate surface area is 139 Å². The van der Waals surface area contributed by atoms with E-state index in [1.165, 1.54) is 11.3 Å². The smallest absolute Gasteiger partial charge is 0.263 e. The fourth-order valence-electron chi connectivity index (χ4n) is 2.80. The zero-order chi connectivity index (χ0) is 16.4. The average Bonchev–Trinajstić information content (AvgIpc) is 3.09. The Hall–Kier alpha value is -1.99. The molecule has 1 amide bonds. The molecule has 2 N–H and O–H groups in total. The molecule has 3 rings (SSSR count). The lowest BCUT2D eigenvalue weighted by atomic mass is 10.0. The van der Waals surface area contributed by atoms with Crippen LogP contribution < -0.4 is 10.2 Å². The largest absolute Gasteiger partial charge is 0.386 e. The number of nitrogens with one attached hydrogen (secondary N) is 1. The number of β-amino-alcohol motifs (C(OH)–C–C–N with tert-alkyl or cyclic N) is 1. The Bertz CT molecular complexity index is 703. The van der Waals surface area contributed by atoms with Gasteiger partial charge in [0.15, 0.2) is 0 Å². The molecule has 0 aliphatic carbocycles. The van der Waals surface area contributed by atoms with Crippen LogP contribution in [-0.4, -0.2) is 46.2 Å². The van der Waals surface area contributed by atoms with Gasteiger partial charge in [0, 0.05) is 25.8 Å². The first-order valence-electron chi connectivity index (χ1n) is 7.57. The minimum atomic E-state index is -0.930. The highest BCUT2D eigenvalue weighted by molar-refractivity contribution is 7.13. The van der Waals surface area contributed by atoms with Gasteiger partial charge in [0.2, 0.25) is 0 Å². The minimum absolute atomic E-state index is 0.169. The van der Waals surface area contributed by atoms with Crippen molar-refractivity contribution >= 4 is 23.1 Å². The topological polar surface area (TPSA) is 78.3 Å². The van der Waals surface area contributed by atoms with Crippen LogP contribution in [0.25, 0.3) is 0 Å². The van der Waals surface area contributed by atoms with Gasteiger partial charge in [0.25, 0.3) is 5.91 Å². The van der Waals surface area contributed by atoms with Gasteiger partial charge in [-0.1, -0.05) is 6.07 Å². The van der Waals surface area contributed by atoms with Crippen molar-refractivity contribution in [3.8, 4) is 0 Å². The van der Waals surface area contributed by atoms with Crippen LogP contribution in [0.15, 0.2) is 24.4 Å². The molecule has 23 heavy (non-hydrogen) atoms. The summed E-state index contributed by atoms with van der Waals surface area (Å²) >= 11 is 1.38. The summed E-state index contributed by atoms with van der Waals surface area (Å²) in [4.78, 5) is 23.5. The van der Waals surface area contributed by atoms with E-state index in [-0.39, 0.29) is 12.5 Å². The molecule has 1 aliphatic rings. The van der Waals surface area contributed by atoms with Crippen LogP contribution in [0.2, 0.25) is 0 Å². The molecule has 7 heteroatoms. The lowest BCUT2D eigenvalue weighted by molar-refractivity contribution is 0.0576. The molecule has 1 saturated heterocycles. The van der Waals surface area contributed by atoms with E-state index in [0.29, 0.717) is 17.8 Å². The molecule has 6 nitrogen and oxygen atoms in total. The lowest BCUT2D eigenvalue weighted by Crippen LogP contribution is -2.45. The Kier molecular flexibility index (Phi) is 4.32. The number of rotatable bonds is 4. The SMILES string of the molecule is Cc1nc(C)c(C(=O)NC[C@@]2(O)CCN(c3ccccn3)C2)s1. The molecular formula is C16H20N4O2S. The van der Waals surface area contributed by atoms with Gasteiger partial charge >= 0.3 is 0 Å². The van der Waals surface area contributed by atoms with Crippen LogP contribution in [0.4, 0.5) is 5.82 Å². The van der Waals surface area contributed by atoms with E-state index in [4.69, 9.17) is 0 Å². The standard InChI is InChI=1S/C16H20N4O2S/c1-11-14(23-12(2)19-11)15(21)18-9-16(22)6-8-20(10-16)13-5-3-4-7-17-13/h3-5,7,22H,6,8-10H2,1-2H3,(H,18,21)/t16-/m0/s1. The number of aliphatic hydroxyl groups is 1. The van der Waals surface area contributed by atoms with Crippen molar-refractivity contribution in [2.75, 3.05) is 24.5 Å². The van der Waals surface area contributed by atoms with Gasteiger partial charge in [0.05, 0.1) is 10.7 Å². The van der Waals surface area contributed by atoms with Gasteiger partial charge in [-0.15, -0.1) is 11.3 Å². The molecule has 2 aromatic rings. The third-order valence-electron chi connectivity index (χ3n) is 3.99. The molecule has 1 fully saturated rings. The number of nitrogens with zero attached hydrogens (tertiary/aromatic N) is 3. The fourth-order valence-corrected chi connectivity index (χ4v) is 3.64. The van der Waals surface area contributed by atoms with E-state index in [9.17, 15) is 9.90 Å². The van der Waals surface area contributed by atoms with Gasteiger partial charge in [-0.3, -0.25) is 4.79 Å². The molecule has 0 bridgehead atoms. The zero-order valence-electron chi connectivity index (χ0n) is 13.2. The average molecular weight is 332 g/mol. The number of aromatic nitrogens is 2. The Morgan fingerprint density at radius 1 is 1.48 bits per heavy atom. The molecule has 3 heterocycles. The summed E-state index contributed by atoms with van der Waals surface area (Å²) in [5.74, 6) is 0.682. The number of pyridine rings is 1. The second kappa shape index (κ2) is 6.25. The molecule has 0 radical (unpaired) electrons. The molecule has 122 valence electrons. The van der Waals surface area contributed by atoms with Crippen molar-refractivity contribution < 1.29 is 9.90 Å². The predicted octanol–water partition coefficient (Wildman–Crippen LogP) is 1.53. The maximum Gasteiger partial charge on any atom is 0.263 e. The van der Waals surface area contributed by atoms with Crippen LogP contribution in [0.5, 0.6) is 0 Å². The van der Waals surface area contributed by atoms with E-state index >= 15 is 0 Å². The van der Waals surface area contributed by atoms with Gasteiger partial charge in [-0.25, -0.2) is 9.97 Å². The van der Waals surface area contributed by atoms with Crippen molar-refractivity contribution in [3.05, 3.63) is 40.0 Å². The number of carbonyl (C=O) groups is 1. The minimum Gasteiger partial charge on any atom is -0.386 e. The second-order valence-corrected chi connectivity index (χ2v) is 7.12. The summed E-state index contributed by atoms with van der Waals surface area (Å²) in [5, 5.41) is 14.4. The maximum absolute atomic E-state index is 12.3. The number of anilines is 1. The third-order valence-corrected chi connectivity index (χ3v) is 5.06. The van der Waals surface area contributed by atoms with Crippen molar-refractivity contribution in [1.29, 1.82) is 0 Å². The van der Waals surface area contributed by atoms with Crippen LogP contribution in [0.1, 0.15) is 26.8 Å². The first kappa shape index (κ1) is 15.9. The third kappa shape index (κ3) is 3.51. The Morgan fingerprint density at radius 3 is 2.96 bits per heavy atom. The zero-order valence-corrected chi connectivity index (χ0v) is 14.1. The highest BCUT2D eigenvalue weighted by atomic mass is 32.1. The molecule has 0 saturated carbocycles. The number of carbonyl (C=O) groups excluding carboxylic acids is 1. The first-order chi connectivity index (χ1) is 11.0. The second-order valence-electron chi connectivity index (χ2n) is 5.91. The molecule has 0 spiro atoms. The van der Waals surface area contributed by atoms with Gasteiger partial charge < -0.3 is 15.3 Å². The maximum atomic E-state index is 12.3. The monoisotopic (exact) mass is 332 g/mol. The lowest BCUT2D eigenvalue weighted by Gasteiger charge is -2.24. The molecule has 0 unspecified atom stereocenters. The molecule has 1 atom stereocenters.